The van der Waals surface area contributed by atoms with E-state index in [-0.39, 0.29) is 18.0 Å². The summed E-state index contributed by atoms with van der Waals surface area (Å²) in [6, 6.07) is 4.74. The Kier molecular flexibility index (Phi) is 5.38. The highest BCUT2D eigenvalue weighted by atomic mass is 19.1. The Bertz CT molecular complexity index is 436. The fourth-order valence-corrected chi connectivity index (χ4v) is 2.76. The molecule has 20 heavy (non-hydrogen) atoms. The Hall–Kier alpha value is -1.13. The first-order chi connectivity index (χ1) is 9.61. The van der Waals surface area contributed by atoms with Crippen LogP contribution in [0.25, 0.3) is 0 Å². The molecule has 1 aliphatic heterocycles. The topological polar surface area (TPSA) is 38.5 Å². The third-order valence-electron chi connectivity index (χ3n) is 3.76. The van der Waals surface area contributed by atoms with E-state index in [1.165, 1.54) is 6.07 Å². The number of nitrogens with zero attached hydrogens (tertiary/aromatic N) is 1. The first-order valence-electron chi connectivity index (χ1n) is 7.53. The number of benzene rings is 1. The number of rotatable bonds is 5. The molecule has 0 aromatic heterocycles. The van der Waals surface area contributed by atoms with E-state index in [0.29, 0.717) is 0 Å². The summed E-state index contributed by atoms with van der Waals surface area (Å²) in [6.45, 7) is 6.67. The zero-order valence-electron chi connectivity index (χ0n) is 12.4. The van der Waals surface area contributed by atoms with Crippen LogP contribution in [0.3, 0.4) is 0 Å². The van der Waals surface area contributed by atoms with Gasteiger partial charge < -0.3 is 15.4 Å². The molecule has 0 spiro atoms. The Balaban J connectivity index is 2.14. The minimum absolute atomic E-state index is 0.169. The lowest BCUT2D eigenvalue weighted by molar-refractivity contribution is 0.0440. The van der Waals surface area contributed by atoms with Crippen molar-refractivity contribution in [2.45, 2.75) is 45.3 Å². The summed E-state index contributed by atoms with van der Waals surface area (Å²) in [7, 11) is 0. The Morgan fingerprint density at radius 2 is 2.30 bits per heavy atom. The maximum absolute atomic E-state index is 13.4. The number of halogens is 1. The van der Waals surface area contributed by atoms with Crippen molar-refractivity contribution >= 4 is 5.69 Å². The zero-order chi connectivity index (χ0) is 14.5. The van der Waals surface area contributed by atoms with Crippen molar-refractivity contribution in [2.24, 2.45) is 5.73 Å². The molecule has 4 heteroatoms. The Morgan fingerprint density at radius 3 is 3.00 bits per heavy atom. The lowest BCUT2D eigenvalue weighted by Crippen LogP contribution is -2.40. The molecule has 3 nitrogen and oxygen atoms in total. The van der Waals surface area contributed by atoms with Gasteiger partial charge in [0.25, 0.3) is 0 Å². The van der Waals surface area contributed by atoms with E-state index in [0.717, 1.165) is 50.2 Å². The average Bonchev–Trinajstić information content (AvgIpc) is 2.45. The normalized spacial score (nSPS) is 21.0. The molecule has 1 aromatic rings. The summed E-state index contributed by atoms with van der Waals surface area (Å²) in [5.41, 5.74) is 7.90. The summed E-state index contributed by atoms with van der Waals surface area (Å²) < 4.78 is 19.3. The van der Waals surface area contributed by atoms with Crippen molar-refractivity contribution in [3.8, 4) is 0 Å². The van der Waals surface area contributed by atoms with Crippen LogP contribution >= 0.6 is 0 Å². The predicted octanol–water partition coefficient (Wildman–Crippen LogP) is 3.24. The third-order valence-corrected chi connectivity index (χ3v) is 3.76. The van der Waals surface area contributed by atoms with E-state index in [1.54, 1.807) is 6.07 Å². The molecule has 1 aromatic carbocycles. The van der Waals surface area contributed by atoms with Gasteiger partial charge in [0, 0.05) is 31.4 Å². The first-order valence-corrected chi connectivity index (χ1v) is 7.53. The Morgan fingerprint density at radius 1 is 1.50 bits per heavy atom. The standard InChI is InChI=1S/C16H25FN2O/c1-3-9-20-14-5-4-8-19(11-14)16-7-6-13(17)10-15(16)12(2)18/h6-7,10,12,14H,3-5,8-9,11,18H2,1-2H3/t12-,14?/m1/s1. The van der Waals surface area contributed by atoms with E-state index < -0.39 is 0 Å². The summed E-state index contributed by atoms with van der Waals surface area (Å²) in [6.07, 6.45) is 3.52. The number of nitrogens with two attached hydrogens (primary N) is 1. The summed E-state index contributed by atoms with van der Waals surface area (Å²) >= 11 is 0. The lowest BCUT2D eigenvalue weighted by Gasteiger charge is -2.36. The van der Waals surface area contributed by atoms with Crippen LogP contribution in [-0.2, 0) is 4.74 Å². The van der Waals surface area contributed by atoms with E-state index in [9.17, 15) is 4.39 Å². The zero-order valence-corrected chi connectivity index (χ0v) is 12.4. The molecule has 2 N–H and O–H groups in total. The van der Waals surface area contributed by atoms with Crippen LogP contribution in [0.15, 0.2) is 18.2 Å². The quantitative estimate of drug-likeness (QED) is 0.900. The monoisotopic (exact) mass is 280 g/mol. The van der Waals surface area contributed by atoms with Gasteiger partial charge in [0.2, 0.25) is 0 Å². The van der Waals surface area contributed by atoms with Crippen LogP contribution in [0.4, 0.5) is 10.1 Å². The number of hydrogen-bond donors (Lipinski definition) is 1. The SMILES string of the molecule is CCCOC1CCCN(c2ccc(F)cc2[C@@H](C)N)C1. The van der Waals surface area contributed by atoms with Gasteiger partial charge in [-0.05, 0) is 49.9 Å². The molecule has 0 saturated carbocycles. The van der Waals surface area contributed by atoms with Gasteiger partial charge in [0.15, 0.2) is 0 Å². The van der Waals surface area contributed by atoms with Crippen LogP contribution in [-0.4, -0.2) is 25.8 Å². The molecule has 0 aliphatic carbocycles. The number of hydrogen-bond acceptors (Lipinski definition) is 3. The van der Waals surface area contributed by atoms with Crippen molar-refractivity contribution < 1.29 is 9.13 Å². The largest absolute Gasteiger partial charge is 0.376 e. The van der Waals surface area contributed by atoms with Crippen molar-refractivity contribution in [1.82, 2.24) is 0 Å². The van der Waals surface area contributed by atoms with Crippen molar-refractivity contribution in [1.29, 1.82) is 0 Å². The second-order valence-corrected chi connectivity index (χ2v) is 5.57. The molecule has 1 fully saturated rings. The number of piperidine rings is 1. The van der Waals surface area contributed by atoms with Gasteiger partial charge in [-0.15, -0.1) is 0 Å². The second kappa shape index (κ2) is 7.04. The lowest BCUT2D eigenvalue weighted by atomic mass is 10.0. The molecule has 2 atom stereocenters. The predicted molar refractivity (Wildman–Crippen MR) is 80.5 cm³/mol. The third kappa shape index (κ3) is 3.70. The molecule has 1 aliphatic rings. The van der Waals surface area contributed by atoms with Gasteiger partial charge in [-0.25, -0.2) is 4.39 Å². The molecule has 112 valence electrons. The van der Waals surface area contributed by atoms with Crippen LogP contribution in [0.2, 0.25) is 0 Å². The fourth-order valence-electron chi connectivity index (χ4n) is 2.76. The minimum Gasteiger partial charge on any atom is -0.376 e. The molecular weight excluding hydrogens is 255 g/mol. The van der Waals surface area contributed by atoms with Gasteiger partial charge in [-0.2, -0.15) is 0 Å². The van der Waals surface area contributed by atoms with E-state index in [1.807, 2.05) is 13.0 Å². The minimum atomic E-state index is -0.225. The maximum Gasteiger partial charge on any atom is 0.123 e. The van der Waals surface area contributed by atoms with Crippen LogP contribution < -0.4 is 10.6 Å². The average molecular weight is 280 g/mol. The Labute approximate surface area is 120 Å². The van der Waals surface area contributed by atoms with E-state index in [2.05, 4.69) is 11.8 Å². The highest BCUT2D eigenvalue weighted by Gasteiger charge is 2.23. The first kappa shape index (κ1) is 15.3. The summed E-state index contributed by atoms with van der Waals surface area (Å²) in [4.78, 5) is 2.28. The smallest absolute Gasteiger partial charge is 0.123 e. The molecule has 1 saturated heterocycles. The molecule has 0 amide bonds. The molecule has 1 heterocycles. The highest BCUT2D eigenvalue weighted by Crippen LogP contribution is 2.29. The number of anilines is 1. The van der Waals surface area contributed by atoms with Gasteiger partial charge in [0.05, 0.1) is 6.10 Å². The second-order valence-electron chi connectivity index (χ2n) is 5.57. The highest BCUT2D eigenvalue weighted by molar-refractivity contribution is 5.55. The van der Waals surface area contributed by atoms with Crippen molar-refractivity contribution in [3.05, 3.63) is 29.6 Å². The molecular formula is C16H25FN2O. The molecule has 1 unspecified atom stereocenters. The number of ether oxygens (including phenoxy) is 1. The molecule has 0 radical (unpaired) electrons. The van der Waals surface area contributed by atoms with Gasteiger partial charge >= 0.3 is 0 Å². The van der Waals surface area contributed by atoms with Gasteiger partial charge in [-0.1, -0.05) is 6.92 Å². The van der Waals surface area contributed by atoms with Crippen LogP contribution in [0, 0.1) is 5.82 Å². The van der Waals surface area contributed by atoms with Gasteiger partial charge in [-0.3, -0.25) is 0 Å². The van der Waals surface area contributed by atoms with Crippen molar-refractivity contribution in [3.63, 3.8) is 0 Å². The van der Waals surface area contributed by atoms with Crippen molar-refractivity contribution in [2.75, 3.05) is 24.6 Å². The van der Waals surface area contributed by atoms with E-state index in [4.69, 9.17) is 10.5 Å². The molecule has 0 bridgehead atoms. The fraction of sp³-hybridized carbons (Fsp3) is 0.625. The van der Waals surface area contributed by atoms with E-state index >= 15 is 0 Å². The van der Waals surface area contributed by atoms with Crippen LogP contribution in [0.1, 0.15) is 44.7 Å². The van der Waals surface area contributed by atoms with Gasteiger partial charge in [0.1, 0.15) is 5.82 Å². The van der Waals surface area contributed by atoms with Crippen LogP contribution in [0.5, 0.6) is 0 Å². The molecule has 2 rings (SSSR count). The summed E-state index contributed by atoms with van der Waals surface area (Å²) in [5.74, 6) is -0.225. The maximum atomic E-state index is 13.4. The summed E-state index contributed by atoms with van der Waals surface area (Å²) in [5, 5.41) is 0.